The number of nitrogens with zero attached hydrogens (tertiary/aromatic N) is 4. The van der Waals surface area contributed by atoms with Crippen LogP contribution in [0.5, 0.6) is 5.75 Å². The standard InChI is InChI=1S/C29H29FN4O3/c30-26-6-3-22(4-7-26)21-37-29-8-5-24(17-27(29)28(35)16-23-2-1-9-31-18-23)25-19-32-34(20-25)11-10-33-12-14-36-15-13-33/h1-9,17-20H,10-16,21H2. The van der Waals surface area contributed by atoms with Crippen LogP contribution in [-0.2, 0) is 24.3 Å². The third-order valence-corrected chi connectivity index (χ3v) is 6.39. The van der Waals surface area contributed by atoms with E-state index in [0.717, 1.165) is 61.6 Å². The average Bonchev–Trinajstić information content (AvgIpc) is 3.42. The van der Waals surface area contributed by atoms with Crippen molar-refractivity contribution in [2.24, 2.45) is 0 Å². The van der Waals surface area contributed by atoms with E-state index in [1.165, 1.54) is 12.1 Å². The first-order valence-electron chi connectivity index (χ1n) is 12.4. The van der Waals surface area contributed by atoms with Crippen molar-refractivity contribution in [2.75, 3.05) is 32.8 Å². The summed E-state index contributed by atoms with van der Waals surface area (Å²) >= 11 is 0. The molecule has 2 aromatic carbocycles. The van der Waals surface area contributed by atoms with Gasteiger partial charge in [-0.3, -0.25) is 19.4 Å². The Morgan fingerprint density at radius 1 is 0.973 bits per heavy atom. The van der Waals surface area contributed by atoms with E-state index in [1.807, 2.05) is 47.4 Å². The Hall–Kier alpha value is -3.88. The van der Waals surface area contributed by atoms with E-state index >= 15 is 0 Å². The van der Waals surface area contributed by atoms with Crippen molar-refractivity contribution in [3.8, 4) is 16.9 Å². The number of hydrogen-bond acceptors (Lipinski definition) is 6. The van der Waals surface area contributed by atoms with Gasteiger partial charge >= 0.3 is 0 Å². The van der Waals surface area contributed by atoms with E-state index in [4.69, 9.17) is 9.47 Å². The van der Waals surface area contributed by atoms with E-state index in [9.17, 15) is 9.18 Å². The summed E-state index contributed by atoms with van der Waals surface area (Å²) in [6, 6.07) is 15.5. The predicted octanol–water partition coefficient (Wildman–Crippen LogP) is 4.42. The molecule has 7 nitrogen and oxygen atoms in total. The van der Waals surface area contributed by atoms with E-state index in [2.05, 4.69) is 15.0 Å². The number of aromatic nitrogens is 3. The number of ketones is 1. The highest BCUT2D eigenvalue weighted by molar-refractivity contribution is 6.01. The van der Waals surface area contributed by atoms with Gasteiger partial charge in [0.05, 0.1) is 31.5 Å². The molecule has 0 saturated carbocycles. The lowest BCUT2D eigenvalue weighted by atomic mass is 9.99. The van der Waals surface area contributed by atoms with Crippen LogP contribution in [0.2, 0.25) is 0 Å². The van der Waals surface area contributed by atoms with Gasteiger partial charge in [-0.25, -0.2) is 4.39 Å². The van der Waals surface area contributed by atoms with Crippen LogP contribution >= 0.6 is 0 Å². The topological polar surface area (TPSA) is 69.5 Å². The Labute approximate surface area is 215 Å². The van der Waals surface area contributed by atoms with Gasteiger partial charge in [0.15, 0.2) is 5.78 Å². The Balaban J connectivity index is 1.34. The summed E-state index contributed by atoms with van der Waals surface area (Å²) in [5, 5.41) is 4.53. The first kappa shape index (κ1) is 24.8. The number of carbonyl (C=O) groups excluding carboxylic acids is 1. The molecule has 0 bridgehead atoms. The van der Waals surface area contributed by atoms with E-state index < -0.39 is 0 Å². The molecule has 0 atom stereocenters. The van der Waals surface area contributed by atoms with Gasteiger partial charge in [-0.2, -0.15) is 5.10 Å². The van der Waals surface area contributed by atoms with Gasteiger partial charge in [-0.05, 0) is 47.0 Å². The second kappa shape index (κ2) is 11.9. The minimum Gasteiger partial charge on any atom is -0.488 e. The molecule has 0 unspecified atom stereocenters. The number of benzene rings is 2. The third-order valence-electron chi connectivity index (χ3n) is 6.39. The number of carbonyl (C=O) groups is 1. The van der Waals surface area contributed by atoms with E-state index in [-0.39, 0.29) is 24.6 Å². The minimum atomic E-state index is -0.300. The molecule has 3 heterocycles. The van der Waals surface area contributed by atoms with Crippen molar-refractivity contribution in [1.82, 2.24) is 19.7 Å². The number of Topliss-reactive ketones (excluding diaryl/α,β-unsaturated/α-hetero) is 1. The van der Waals surface area contributed by atoms with Crippen molar-refractivity contribution in [3.05, 3.63) is 102 Å². The Morgan fingerprint density at radius 2 is 1.81 bits per heavy atom. The lowest BCUT2D eigenvalue weighted by Crippen LogP contribution is -2.38. The highest BCUT2D eigenvalue weighted by atomic mass is 19.1. The van der Waals surface area contributed by atoms with Gasteiger partial charge in [-0.1, -0.05) is 24.3 Å². The van der Waals surface area contributed by atoms with E-state index in [0.29, 0.717) is 11.3 Å². The van der Waals surface area contributed by atoms with Crippen LogP contribution in [0.3, 0.4) is 0 Å². The molecular weight excluding hydrogens is 471 g/mol. The SMILES string of the molecule is O=C(Cc1cccnc1)c1cc(-c2cnn(CCN3CCOCC3)c2)ccc1OCc1ccc(F)cc1. The summed E-state index contributed by atoms with van der Waals surface area (Å²) in [7, 11) is 0. The zero-order valence-electron chi connectivity index (χ0n) is 20.6. The van der Waals surface area contributed by atoms with Crippen molar-refractivity contribution < 1.29 is 18.7 Å². The molecule has 0 amide bonds. The maximum atomic E-state index is 13.4. The van der Waals surface area contributed by atoms with Crippen molar-refractivity contribution in [1.29, 1.82) is 0 Å². The second-order valence-electron chi connectivity index (χ2n) is 9.03. The van der Waals surface area contributed by atoms with Crippen LogP contribution in [0.1, 0.15) is 21.5 Å². The molecule has 37 heavy (non-hydrogen) atoms. The van der Waals surface area contributed by atoms with Gasteiger partial charge in [0, 0.05) is 50.2 Å². The van der Waals surface area contributed by atoms with Crippen LogP contribution in [0.25, 0.3) is 11.1 Å². The Bertz CT molecular complexity index is 1320. The molecular formula is C29H29FN4O3. The molecule has 8 heteroatoms. The smallest absolute Gasteiger partial charge is 0.171 e. The number of pyridine rings is 1. The number of morpholine rings is 1. The molecule has 0 radical (unpaired) electrons. The molecule has 1 aliphatic heterocycles. The number of halogens is 1. The van der Waals surface area contributed by atoms with Crippen LogP contribution in [0.15, 0.2) is 79.4 Å². The molecule has 0 aliphatic carbocycles. The molecule has 190 valence electrons. The number of rotatable bonds is 10. The Kier molecular flexibility index (Phi) is 7.98. The van der Waals surface area contributed by atoms with Crippen LogP contribution in [-0.4, -0.2) is 58.3 Å². The summed E-state index contributed by atoms with van der Waals surface area (Å²) in [6.45, 7) is 5.35. The molecule has 2 aromatic heterocycles. The lowest BCUT2D eigenvalue weighted by molar-refractivity contribution is 0.0360. The third kappa shape index (κ3) is 6.67. The summed E-state index contributed by atoms with van der Waals surface area (Å²) < 4.78 is 26.7. The zero-order chi connectivity index (χ0) is 25.5. The quantitative estimate of drug-likeness (QED) is 0.300. The molecule has 0 spiro atoms. The molecule has 4 aromatic rings. The predicted molar refractivity (Wildman–Crippen MR) is 138 cm³/mol. The van der Waals surface area contributed by atoms with Gasteiger partial charge in [-0.15, -0.1) is 0 Å². The fourth-order valence-electron chi connectivity index (χ4n) is 4.28. The summed E-state index contributed by atoms with van der Waals surface area (Å²) in [5.41, 5.74) is 3.96. The molecule has 1 fully saturated rings. The maximum Gasteiger partial charge on any atom is 0.171 e. The Morgan fingerprint density at radius 3 is 2.59 bits per heavy atom. The zero-order valence-corrected chi connectivity index (χ0v) is 20.6. The van der Waals surface area contributed by atoms with Gasteiger partial charge < -0.3 is 9.47 Å². The van der Waals surface area contributed by atoms with Gasteiger partial charge in [0.25, 0.3) is 0 Å². The van der Waals surface area contributed by atoms with Crippen LogP contribution < -0.4 is 4.74 Å². The average molecular weight is 501 g/mol. The molecule has 1 aliphatic rings. The normalized spacial score (nSPS) is 14.0. The second-order valence-corrected chi connectivity index (χ2v) is 9.03. The minimum absolute atomic E-state index is 0.0661. The molecule has 5 rings (SSSR count). The summed E-state index contributed by atoms with van der Waals surface area (Å²) in [5.74, 6) is 0.122. The largest absolute Gasteiger partial charge is 0.488 e. The van der Waals surface area contributed by atoms with Crippen molar-refractivity contribution in [3.63, 3.8) is 0 Å². The highest BCUT2D eigenvalue weighted by Gasteiger charge is 2.17. The molecule has 0 N–H and O–H groups in total. The first-order valence-corrected chi connectivity index (χ1v) is 12.4. The molecule has 1 saturated heterocycles. The summed E-state index contributed by atoms with van der Waals surface area (Å²) in [4.78, 5) is 19.9. The van der Waals surface area contributed by atoms with E-state index in [1.54, 1.807) is 24.5 Å². The number of ether oxygens (including phenoxy) is 2. The van der Waals surface area contributed by atoms with Gasteiger partial charge in [0.1, 0.15) is 18.2 Å². The fraction of sp³-hybridized carbons (Fsp3) is 0.276. The first-order chi connectivity index (χ1) is 18.1. The van der Waals surface area contributed by atoms with Gasteiger partial charge in [0.2, 0.25) is 0 Å². The highest BCUT2D eigenvalue weighted by Crippen LogP contribution is 2.28. The maximum absolute atomic E-state index is 13.4. The van der Waals surface area contributed by atoms with Crippen molar-refractivity contribution in [2.45, 2.75) is 19.6 Å². The summed E-state index contributed by atoms with van der Waals surface area (Å²) in [6.07, 6.45) is 7.41. The van der Waals surface area contributed by atoms with Crippen LogP contribution in [0.4, 0.5) is 4.39 Å². The number of hydrogen-bond donors (Lipinski definition) is 0. The van der Waals surface area contributed by atoms with Crippen molar-refractivity contribution >= 4 is 5.78 Å². The monoisotopic (exact) mass is 500 g/mol. The lowest BCUT2D eigenvalue weighted by Gasteiger charge is -2.26. The van der Waals surface area contributed by atoms with Crippen LogP contribution in [0, 0.1) is 5.82 Å². The fourth-order valence-corrected chi connectivity index (χ4v) is 4.28.